The van der Waals surface area contributed by atoms with Crippen LogP contribution in [0.2, 0.25) is 0 Å². The Kier molecular flexibility index (Phi) is 6.74. The van der Waals surface area contributed by atoms with Gasteiger partial charge in [-0.05, 0) is 30.8 Å². The van der Waals surface area contributed by atoms with Gasteiger partial charge in [0.1, 0.15) is 5.75 Å². The molecule has 0 saturated carbocycles. The molecule has 20 heavy (non-hydrogen) atoms. The van der Waals surface area contributed by atoms with Gasteiger partial charge in [0.25, 0.3) is 10.0 Å². The molecule has 0 spiro atoms. The van der Waals surface area contributed by atoms with Gasteiger partial charge in [0.15, 0.2) is 4.21 Å². The number of ether oxygens (including phenoxy) is 1. The second-order valence-electron chi connectivity index (χ2n) is 4.54. The Balaban J connectivity index is 0.00000200. The topological polar surface area (TPSA) is 58.6 Å². The van der Waals surface area contributed by atoms with E-state index in [1.54, 1.807) is 15.8 Å². The maximum Gasteiger partial charge on any atom is 0.256 e. The van der Waals surface area contributed by atoms with Crippen molar-refractivity contribution in [3.05, 3.63) is 11.4 Å². The zero-order chi connectivity index (χ0) is 13.9. The van der Waals surface area contributed by atoms with Crippen LogP contribution >= 0.6 is 23.7 Å². The Morgan fingerprint density at radius 3 is 2.85 bits per heavy atom. The maximum atomic E-state index is 12.8. The highest BCUT2D eigenvalue weighted by Gasteiger charge is 2.35. The number of hydrogen-bond acceptors (Lipinski definition) is 5. The van der Waals surface area contributed by atoms with Crippen molar-refractivity contribution >= 4 is 33.8 Å². The molecular formula is C12H21ClN2O3S2. The molecule has 116 valence electrons. The second kappa shape index (κ2) is 7.61. The molecule has 1 N–H and O–H groups in total. The van der Waals surface area contributed by atoms with E-state index in [0.717, 1.165) is 25.9 Å². The van der Waals surface area contributed by atoms with Gasteiger partial charge in [-0.15, -0.1) is 23.7 Å². The highest BCUT2D eigenvalue weighted by Crippen LogP contribution is 2.33. The fraction of sp³-hybridized carbons (Fsp3) is 0.667. The van der Waals surface area contributed by atoms with Crippen LogP contribution < -0.4 is 10.1 Å². The van der Waals surface area contributed by atoms with E-state index in [0.29, 0.717) is 16.5 Å². The molecule has 2 rings (SSSR count). The molecule has 1 unspecified atom stereocenters. The van der Waals surface area contributed by atoms with Crippen LogP contribution in [-0.2, 0) is 10.0 Å². The number of thiophene rings is 1. The first-order valence-electron chi connectivity index (χ1n) is 6.45. The SMILES string of the molecule is CCCN(C1CCNC1)S(=O)(=O)c1sccc1OC.Cl. The quantitative estimate of drug-likeness (QED) is 0.859. The molecule has 1 aliphatic heterocycles. The maximum absolute atomic E-state index is 12.8. The van der Waals surface area contributed by atoms with Crippen molar-refractivity contribution in [2.24, 2.45) is 0 Å². The van der Waals surface area contributed by atoms with E-state index >= 15 is 0 Å². The van der Waals surface area contributed by atoms with E-state index in [4.69, 9.17) is 4.74 Å². The lowest BCUT2D eigenvalue weighted by Crippen LogP contribution is -2.41. The normalized spacial score (nSPS) is 19.1. The highest BCUT2D eigenvalue weighted by atomic mass is 35.5. The smallest absolute Gasteiger partial charge is 0.256 e. The summed E-state index contributed by atoms with van der Waals surface area (Å²) < 4.78 is 32.7. The van der Waals surface area contributed by atoms with Gasteiger partial charge >= 0.3 is 0 Å². The van der Waals surface area contributed by atoms with E-state index in [1.165, 1.54) is 18.4 Å². The third-order valence-electron chi connectivity index (χ3n) is 3.24. The summed E-state index contributed by atoms with van der Waals surface area (Å²) in [6.45, 7) is 4.15. The second-order valence-corrected chi connectivity index (χ2v) is 7.54. The van der Waals surface area contributed by atoms with Crippen LogP contribution in [0.3, 0.4) is 0 Å². The molecule has 1 aliphatic rings. The minimum Gasteiger partial charge on any atom is -0.494 e. The lowest BCUT2D eigenvalue weighted by molar-refractivity contribution is 0.333. The largest absolute Gasteiger partial charge is 0.494 e. The molecule has 5 nitrogen and oxygen atoms in total. The van der Waals surface area contributed by atoms with Gasteiger partial charge in [-0.1, -0.05) is 6.92 Å². The first kappa shape index (κ1) is 17.7. The number of sulfonamides is 1. The number of hydrogen-bond donors (Lipinski definition) is 1. The summed E-state index contributed by atoms with van der Waals surface area (Å²) in [6.07, 6.45) is 1.68. The zero-order valence-electron chi connectivity index (χ0n) is 11.7. The monoisotopic (exact) mass is 340 g/mol. The molecular weight excluding hydrogens is 320 g/mol. The Bertz CT molecular complexity index is 513. The van der Waals surface area contributed by atoms with Gasteiger partial charge in [-0.3, -0.25) is 0 Å². The standard InChI is InChI=1S/C12H20N2O3S2.ClH/c1-3-7-14(10-4-6-13-9-10)19(15,16)12-11(17-2)5-8-18-12;/h5,8,10,13H,3-4,6-7,9H2,1-2H3;1H. The third-order valence-corrected chi connectivity index (χ3v) is 6.62. The van der Waals surface area contributed by atoms with Gasteiger partial charge in [-0.25, -0.2) is 8.42 Å². The molecule has 0 aliphatic carbocycles. The molecule has 8 heteroatoms. The van der Waals surface area contributed by atoms with Crippen molar-refractivity contribution in [3.63, 3.8) is 0 Å². The third kappa shape index (κ3) is 3.46. The van der Waals surface area contributed by atoms with E-state index in [1.807, 2.05) is 6.92 Å². The molecule has 1 atom stereocenters. The molecule has 1 aromatic rings. The van der Waals surface area contributed by atoms with Crippen LogP contribution in [0.5, 0.6) is 5.75 Å². The summed E-state index contributed by atoms with van der Waals surface area (Å²) in [5, 5.41) is 4.98. The van der Waals surface area contributed by atoms with Crippen molar-refractivity contribution in [3.8, 4) is 5.75 Å². The molecule has 1 aromatic heterocycles. The van der Waals surface area contributed by atoms with Crippen molar-refractivity contribution in [2.75, 3.05) is 26.7 Å². The molecule has 0 aromatic carbocycles. The average molecular weight is 341 g/mol. The first-order valence-corrected chi connectivity index (χ1v) is 8.77. The minimum atomic E-state index is -3.46. The molecule has 0 radical (unpaired) electrons. The zero-order valence-corrected chi connectivity index (χ0v) is 14.1. The summed E-state index contributed by atoms with van der Waals surface area (Å²) in [4.78, 5) is 0. The Labute approximate surface area is 130 Å². The van der Waals surface area contributed by atoms with E-state index in [-0.39, 0.29) is 18.4 Å². The summed E-state index contributed by atoms with van der Waals surface area (Å²) in [5.41, 5.74) is 0. The molecule has 1 fully saturated rings. The molecule has 0 amide bonds. The summed E-state index contributed by atoms with van der Waals surface area (Å²) in [7, 11) is -1.96. The van der Waals surface area contributed by atoms with Gasteiger partial charge < -0.3 is 10.1 Å². The molecule has 0 bridgehead atoms. The summed E-state index contributed by atoms with van der Waals surface area (Å²) >= 11 is 1.22. The van der Waals surface area contributed by atoms with Crippen molar-refractivity contribution in [1.29, 1.82) is 0 Å². The lowest BCUT2D eigenvalue weighted by Gasteiger charge is -2.26. The van der Waals surface area contributed by atoms with E-state index in [9.17, 15) is 8.42 Å². The van der Waals surface area contributed by atoms with Gasteiger partial charge in [0, 0.05) is 19.1 Å². The number of nitrogens with zero attached hydrogens (tertiary/aromatic N) is 1. The first-order chi connectivity index (χ1) is 9.11. The Morgan fingerprint density at radius 1 is 1.55 bits per heavy atom. The van der Waals surface area contributed by atoms with E-state index in [2.05, 4.69) is 5.32 Å². The fourth-order valence-corrected chi connectivity index (χ4v) is 5.47. The van der Waals surface area contributed by atoms with Crippen LogP contribution in [0.4, 0.5) is 0 Å². The Morgan fingerprint density at radius 2 is 2.30 bits per heavy atom. The van der Waals surface area contributed by atoms with Gasteiger partial charge in [0.2, 0.25) is 0 Å². The number of rotatable bonds is 6. The highest BCUT2D eigenvalue weighted by molar-refractivity contribution is 7.91. The van der Waals surface area contributed by atoms with Crippen LogP contribution in [0, 0.1) is 0 Å². The summed E-state index contributed by atoms with van der Waals surface area (Å²) in [5.74, 6) is 0.442. The molecule has 2 heterocycles. The molecule has 1 saturated heterocycles. The van der Waals surface area contributed by atoms with Crippen LogP contribution in [0.25, 0.3) is 0 Å². The van der Waals surface area contributed by atoms with Gasteiger partial charge in [0.05, 0.1) is 7.11 Å². The minimum absolute atomic E-state index is 0. The summed E-state index contributed by atoms with van der Waals surface area (Å²) in [6, 6.07) is 1.76. The number of nitrogens with one attached hydrogen (secondary N) is 1. The number of methoxy groups -OCH3 is 1. The predicted molar refractivity (Wildman–Crippen MR) is 83.6 cm³/mol. The van der Waals surface area contributed by atoms with Crippen molar-refractivity contribution in [1.82, 2.24) is 9.62 Å². The van der Waals surface area contributed by atoms with Crippen molar-refractivity contribution < 1.29 is 13.2 Å². The van der Waals surface area contributed by atoms with Crippen LogP contribution in [0.1, 0.15) is 19.8 Å². The Hall–Kier alpha value is -0.340. The van der Waals surface area contributed by atoms with E-state index < -0.39 is 10.0 Å². The fourth-order valence-electron chi connectivity index (χ4n) is 2.33. The van der Waals surface area contributed by atoms with Crippen LogP contribution in [0.15, 0.2) is 15.7 Å². The number of halogens is 1. The lowest BCUT2D eigenvalue weighted by atomic mass is 10.2. The van der Waals surface area contributed by atoms with Crippen LogP contribution in [-0.4, -0.2) is 45.5 Å². The van der Waals surface area contributed by atoms with Gasteiger partial charge in [-0.2, -0.15) is 4.31 Å². The predicted octanol–water partition coefficient (Wildman–Crippen LogP) is 1.94. The van der Waals surface area contributed by atoms with Crippen molar-refractivity contribution in [2.45, 2.75) is 30.0 Å². The average Bonchev–Trinajstić information content (AvgIpc) is 3.05.